The monoisotopic (exact) mass is 479 g/mol. The summed E-state index contributed by atoms with van der Waals surface area (Å²) in [5, 5.41) is 11.6. The molecule has 0 radical (unpaired) electrons. The number of thiophene rings is 1. The Labute approximate surface area is 201 Å². The fourth-order valence-electron chi connectivity index (χ4n) is 3.07. The van der Waals surface area contributed by atoms with Crippen molar-refractivity contribution in [2.45, 2.75) is 19.4 Å². The first-order chi connectivity index (χ1) is 16.4. The number of anilines is 1. The molecule has 0 aliphatic carbocycles. The van der Waals surface area contributed by atoms with Crippen molar-refractivity contribution in [3.8, 4) is 0 Å². The zero-order valence-electron chi connectivity index (χ0n) is 18.6. The molecule has 1 aromatic heterocycles. The van der Waals surface area contributed by atoms with Crippen LogP contribution in [0.3, 0.4) is 0 Å². The van der Waals surface area contributed by atoms with Gasteiger partial charge in [0.05, 0.1) is 23.7 Å². The van der Waals surface area contributed by atoms with Crippen LogP contribution in [-0.2, 0) is 14.3 Å². The van der Waals surface area contributed by atoms with Gasteiger partial charge in [-0.25, -0.2) is 0 Å². The molecule has 0 aliphatic heterocycles. The van der Waals surface area contributed by atoms with Gasteiger partial charge in [0, 0.05) is 17.5 Å². The zero-order chi connectivity index (χ0) is 24.3. The second-order valence-corrected chi connectivity index (χ2v) is 8.16. The molecule has 1 unspecified atom stereocenters. The van der Waals surface area contributed by atoms with Gasteiger partial charge in [0.25, 0.3) is 17.7 Å². The molecule has 3 N–H and O–H groups in total. The second-order valence-electron chi connectivity index (χ2n) is 7.38. The Morgan fingerprint density at radius 2 is 1.68 bits per heavy atom. The largest absolute Gasteiger partial charge is 0.456 e. The minimum Gasteiger partial charge on any atom is -0.456 e. The third-order valence-corrected chi connectivity index (χ3v) is 5.54. The molecule has 3 amide bonds. The molecule has 0 saturated heterocycles. The van der Waals surface area contributed by atoms with E-state index in [4.69, 9.17) is 4.74 Å². The summed E-state index contributed by atoms with van der Waals surface area (Å²) in [4.78, 5) is 48.8. The maximum atomic E-state index is 12.8. The van der Waals surface area contributed by atoms with E-state index in [0.29, 0.717) is 16.8 Å². The summed E-state index contributed by atoms with van der Waals surface area (Å²) in [6.07, 6.45) is -0.0699. The Hall–Kier alpha value is -3.98. The lowest BCUT2D eigenvalue weighted by molar-refractivity contribution is -0.147. The average Bonchev–Trinajstić information content (AvgIpc) is 3.39. The van der Waals surface area contributed by atoms with Gasteiger partial charge in [-0.3, -0.25) is 19.2 Å². The number of nitrogens with one attached hydrogen (secondary N) is 3. The van der Waals surface area contributed by atoms with Crippen LogP contribution in [0, 0.1) is 0 Å². The molecule has 0 saturated carbocycles. The summed E-state index contributed by atoms with van der Waals surface area (Å²) in [7, 11) is 0. The third-order valence-electron chi connectivity index (χ3n) is 4.86. The number of ether oxygens (including phenoxy) is 1. The summed E-state index contributed by atoms with van der Waals surface area (Å²) in [6, 6.07) is 17.6. The lowest BCUT2D eigenvalue weighted by Crippen LogP contribution is -2.29. The Morgan fingerprint density at radius 3 is 2.41 bits per heavy atom. The van der Waals surface area contributed by atoms with Gasteiger partial charge in [-0.05, 0) is 36.1 Å². The van der Waals surface area contributed by atoms with E-state index in [2.05, 4.69) is 16.0 Å². The van der Waals surface area contributed by atoms with Crippen LogP contribution in [0.4, 0.5) is 5.69 Å². The molecule has 0 aliphatic rings. The molecule has 1 atom stereocenters. The van der Waals surface area contributed by atoms with Crippen molar-refractivity contribution in [2.24, 2.45) is 0 Å². The van der Waals surface area contributed by atoms with Gasteiger partial charge >= 0.3 is 5.97 Å². The van der Waals surface area contributed by atoms with Gasteiger partial charge in [0.2, 0.25) is 0 Å². The van der Waals surface area contributed by atoms with Gasteiger partial charge in [-0.1, -0.05) is 42.5 Å². The van der Waals surface area contributed by atoms with Crippen LogP contribution in [0.5, 0.6) is 0 Å². The number of para-hydroxylation sites is 1. The third kappa shape index (κ3) is 7.28. The molecule has 9 heteroatoms. The molecular weight excluding hydrogens is 454 g/mol. The van der Waals surface area contributed by atoms with Crippen molar-refractivity contribution in [1.82, 2.24) is 10.6 Å². The number of esters is 1. The van der Waals surface area contributed by atoms with Gasteiger partial charge < -0.3 is 20.7 Å². The Balaban J connectivity index is 1.46. The first-order valence-corrected chi connectivity index (χ1v) is 11.6. The summed E-state index contributed by atoms with van der Waals surface area (Å²) < 4.78 is 4.97. The fraction of sp³-hybridized carbons (Fsp3) is 0.200. The van der Waals surface area contributed by atoms with Gasteiger partial charge in [-0.15, -0.1) is 0 Å². The summed E-state index contributed by atoms with van der Waals surface area (Å²) in [6.45, 7) is 1.46. The molecule has 3 rings (SSSR count). The highest BCUT2D eigenvalue weighted by atomic mass is 32.1. The summed E-state index contributed by atoms with van der Waals surface area (Å²) in [5.41, 5.74) is 2.08. The smallest absolute Gasteiger partial charge is 0.308 e. The average molecular weight is 480 g/mol. The normalized spacial score (nSPS) is 11.2. The molecular formula is C25H25N3O5S. The highest BCUT2D eigenvalue weighted by Gasteiger charge is 2.17. The molecule has 0 bridgehead atoms. The molecule has 1 heterocycles. The molecule has 176 valence electrons. The highest BCUT2D eigenvalue weighted by Crippen LogP contribution is 2.18. The number of amides is 3. The SMILES string of the molecule is CC(NC(=O)c1ccccc1NC(=O)COC(=O)CCNC(=O)c1ccsc1)c1ccccc1. The highest BCUT2D eigenvalue weighted by molar-refractivity contribution is 7.08. The van der Waals surface area contributed by atoms with E-state index in [1.165, 1.54) is 11.3 Å². The van der Waals surface area contributed by atoms with Crippen molar-refractivity contribution >= 4 is 40.7 Å². The van der Waals surface area contributed by atoms with Crippen molar-refractivity contribution in [1.29, 1.82) is 0 Å². The van der Waals surface area contributed by atoms with E-state index >= 15 is 0 Å². The maximum Gasteiger partial charge on any atom is 0.308 e. The number of carbonyl (C=O) groups excluding carboxylic acids is 4. The Bertz CT molecular complexity index is 1130. The van der Waals surface area contributed by atoms with Crippen LogP contribution >= 0.6 is 11.3 Å². The molecule has 0 fully saturated rings. The van der Waals surface area contributed by atoms with Gasteiger partial charge in [-0.2, -0.15) is 11.3 Å². The topological polar surface area (TPSA) is 114 Å². The first-order valence-electron chi connectivity index (χ1n) is 10.6. The Morgan fingerprint density at radius 1 is 0.941 bits per heavy atom. The fourth-order valence-corrected chi connectivity index (χ4v) is 3.70. The Kier molecular flexibility index (Phi) is 8.93. The minimum absolute atomic E-state index is 0.0699. The van der Waals surface area contributed by atoms with E-state index < -0.39 is 18.5 Å². The van der Waals surface area contributed by atoms with Crippen LogP contribution < -0.4 is 16.0 Å². The van der Waals surface area contributed by atoms with Crippen molar-refractivity contribution in [3.05, 3.63) is 88.1 Å². The number of hydrogen-bond acceptors (Lipinski definition) is 6. The van der Waals surface area contributed by atoms with Crippen molar-refractivity contribution in [3.63, 3.8) is 0 Å². The maximum absolute atomic E-state index is 12.8. The standard InChI is InChI=1S/C25H25N3O5S/c1-17(18-7-3-2-4-8-18)27-25(32)20-9-5-6-10-21(20)28-22(29)15-33-23(30)11-13-26-24(31)19-12-14-34-16-19/h2-10,12,14,16-17H,11,13,15H2,1H3,(H,26,31)(H,27,32)(H,28,29). The van der Waals surface area contributed by atoms with Crippen LogP contribution in [0.1, 0.15) is 45.7 Å². The predicted molar refractivity (Wildman–Crippen MR) is 130 cm³/mol. The number of carbonyl (C=O) groups is 4. The van der Waals surface area contributed by atoms with Gasteiger partial charge in [0.15, 0.2) is 6.61 Å². The zero-order valence-corrected chi connectivity index (χ0v) is 19.4. The molecule has 3 aromatic rings. The van der Waals surface area contributed by atoms with Crippen LogP contribution in [0.15, 0.2) is 71.4 Å². The summed E-state index contributed by atoms with van der Waals surface area (Å²) >= 11 is 1.40. The minimum atomic E-state index is -0.622. The lowest BCUT2D eigenvalue weighted by atomic mass is 10.1. The van der Waals surface area contributed by atoms with E-state index in [-0.39, 0.29) is 30.8 Å². The number of benzene rings is 2. The quantitative estimate of drug-likeness (QED) is 0.385. The summed E-state index contributed by atoms with van der Waals surface area (Å²) in [5.74, 6) is -1.82. The number of hydrogen-bond donors (Lipinski definition) is 3. The molecule has 34 heavy (non-hydrogen) atoms. The van der Waals surface area contributed by atoms with Crippen LogP contribution in [0.25, 0.3) is 0 Å². The van der Waals surface area contributed by atoms with E-state index in [9.17, 15) is 19.2 Å². The van der Waals surface area contributed by atoms with Crippen molar-refractivity contribution < 1.29 is 23.9 Å². The second kappa shape index (κ2) is 12.3. The lowest BCUT2D eigenvalue weighted by Gasteiger charge is -2.16. The number of rotatable bonds is 10. The van der Waals surface area contributed by atoms with Gasteiger partial charge in [0.1, 0.15) is 0 Å². The van der Waals surface area contributed by atoms with Crippen LogP contribution in [0.2, 0.25) is 0 Å². The van der Waals surface area contributed by atoms with E-state index in [1.54, 1.807) is 41.1 Å². The predicted octanol–water partition coefficient (Wildman–Crippen LogP) is 3.54. The first kappa shape index (κ1) is 24.7. The van der Waals surface area contributed by atoms with Crippen molar-refractivity contribution in [2.75, 3.05) is 18.5 Å². The molecule has 0 spiro atoms. The van der Waals surface area contributed by atoms with E-state index in [1.807, 2.05) is 37.3 Å². The molecule has 2 aromatic carbocycles. The molecule has 8 nitrogen and oxygen atoms in total. The van der Waals surface area contributed by atoms with Crippen LogP contribution in [-0.4, -0.2) is 36.8 Å². The van der Waals surface area contributed by atoms with E-state index in [0.717, 1.165) is 5.56 Å².